The van der Waals surface area contributed by atoms with Crippen molar-refractivity contribution in [3.05, 3.63) is 27.3 Å². The molecular formula is C8H8IN3OS. The number of phenolic OH excluding ortho intramolecular Hbond substituents is 1. The largest absolute Gasteiger partial charge is 0.508 e. The van der Waals surface area contributed by atoms with E-state index in [4.69, 9.17) is 5.73 Å². The summed E-state index contributed by atoms with van der Waals surface area (Å²) in [6.45, 7) is 0. The molecule has 0 heterocycles. The van der Waals surface area contributed by atoms with E-state index in [2.05, 4.69) is 45.3 Å². The lowest BCUT2D eigenvalue weighted by atomic mass is 10.2. The highest BCUT2D eigenvalue weighted by molar-refractivity contribution is 14.1. The summed E-state index contributed by atoms with van der Waals surface area (Å²) in [7, 11) is 0. The summed E-state index contributed by atoms with van der Waals surface area (Å²) in [5, 5.41) is 13.1. The Kier molecular flexibility index (Phi) is 4.08. The first kappa shape index (κ1) is 11.2. The Morgan fingerprint density at radius 1 is 1.64 bits per heavy atom. The minimum atomic E-state index is 0.108. The highest BCUT2D eigenvalue weighted by Crippen LogP contribution is 2.16. The van der Waals surface area contributed by atoms with Crippen molar-refractivity contribution in [2.75, 3.05) is 0 Å². The maximum atomic E-state index is 9.21. The molecule has 0 aromatic heterocycles. The van der Waals surface area contributed by atoms with Gasteiger partial charge in [-0.3, -0.25) is 5.43 Å². The zero-order valence-electron chi connectivity index (χ0n) is 7.07. The van der Waals surface area contributed by atoms with Crippen LogP contribution in [0.5, 0.6) is 5.75 Å². The van der Waals surface area contributed by atoms with E-state index >= 15 is 0 Å². The van der Waals surface area contributed by atoms with Crippen molar-refractivity contribution in [3.8, 4) is 5.75 Å². The molecule has 4 N–H and O–H groups in total. The monoisotopic (exact) mass is 321 g/mol. The van der Waals surface area contributed by atoms with E-state index < -0.39 is 0 Å². The molecular weight excluding hydrogens is 313 g/mol. The Morgan fingerprint density at radius 3 is 3.00 bits per heavy atom. The van der Waals surface area contributed by atoms with Crippen LogP contribution >= 0.6 is 34.8 Å². The van der Waals surface area contributed by atoms with Gasteiger partial charge in [-0.1, -0.05) is 0 Å². The van der Waals surface area contributed by atoms with Crippen molar-refractivity contribution in [1.29, 1.82) is 0 Å². The summed E-state index contributed by atoms with van der Waals surface area (Å²) in [6, 6.07) is 5.00. The Labute approximate surface area is 100 Å². The van der Waals surface area contributed by atoms with Crippen LogP contribution in [0.3, 0.4) is 0 Å². The SMILES string of the molecule is NC(=S)NN=Cc1cc(O)ccc1I. The lowest BCUT2D eigenvalue weighted by Gasteiger charge is -1.99. The van der Waals surface area contributed by atoms with Crippen molar-refractivity contribution in [3.63, 3.8) is 0 Å². The normalized spacial score (nSPS) is 10.4. The summed E-state index contributed by atoms with van der Waals surface area (Å²) in [4.78, 5) is 0. The number of nitrogens with two attached hydrogens (primary N) is 1. The van der Waals surface area contributed by atoms with Crippen molar-refractivity contribution in [2.24, 2.45) is 10.8 Å². The van der Waals surface area contributed by atoms with Gasteiger partial charge in [-0.05, 0) is 53.0 Å². The minimum Gasteiger partial charge on any atom is -0.508 e. The van der Waals surface area contributed by atoms with Crippen LogP contribution in [0.15, 0.2) is 23.3 Å². The highest BCUT2D eigenvalue weighted by Gasteiger charge is 1.97. The molecule has 4 nitrogen and oxygen atoms in total. The lowest BCUT2D eigenvalue weighted by molar-refractivity contribution is 0.475. The second kappa shape index (κ2) is 5.11. The maximum Gasteiger partial charge on any atom is 0.184 e. The zero-order valence-corrected chi connectivity index (χ0v) is 10.0. The first-order chi connectivity index (χ1) is 6.59. The van der Waals surface area contributed by atoms with Gasteiger partial charge in [0.2, 0.25) is 0 Å². The predicted octanol–water partition coefficient (Wildman–Crippen LogP) is 1.16. The topological polar surface area (TPSA) is 70.6 Å². The van der Waals surface area contributed by atoms with Crippen LogP contribution in [-0.2, 0) is 0 Å². The van der Waals surface area contributed by atoms with Gasteiger partial charge < -0.3 is 10.8 Å². The molecule has 74 valence electrons. The fourth-order valence-corrected chi connectivity index (χ4v) is 1.32. The first-order valence-corrected chi connectivity index (χ1v) is 5.15. The molecule has 0 aliphatic carbocycles. The van der Waals surface area contributed by atoms with Gasteiger partial charge in [-0.25, -0.2) is 0 Å². The smallest absolute Gasteiger partial charge is 0.184 e. The summed E-state index contributed by atoms with van der Waals surface area (Å²) in [5.41, 5.74) is 8.41. The molecule has 1 aromatic carbocycles. The van der Waals surface area contributed by atoms with Crippen LogP contribution in [0.25, 0.3) is 0 Å². The molecule has 14 heavy (non-hydrogen) atoms. The summed E-state index contributed by atoms with van der Waals surface area (Å²) in [5.74, 6) is 0.196. The Balaban J connectivity index is 2.80. The molecule has 0 saturated heterocycles. The number of nitrogens with zero attached hydrogens (tertiary/aromatic N) is 1. The van der Waals surface area contributed by atoms with Gasteiger partial charge in [-0.15, -0.1) is 0 Å². The van der Waals surface area contributed by atoms with Crippen LogP contribution in [0.4, 0.5) is 0 Å². The van der Waals surface area contributed by atoms with Crippen LogP contribution in [-0.4, -0.2) is 16.4 Å². The number of aromatic hydroxyl groups is 1. The number of hydrazone groups is 1. The molecule has 0 atom stereocenters. The fraction of sp³-hybridized carbons (Fsp3) is 0. The number of hydrogen-bond acceptors (Lipinski definition) is 3. The molecule has 6 heteroatoms. The van der Waals surface area contributed by atoms with Crippen LogP contribution in [0.2, 0.25) is 0 Å². The molecule has 0 spiro atoms. The Morgan fingerprint density at radius 2 is 2.36 bits per heavy atom. The summed E-state index contributed by atoms with van der Waals surface area (Å²) < 4.78 is 0.980. The van der Waals surface area contributed by atoms with E-state index in [0.29, 0.717) is 0 Å². The van der Waals surface area contributed by atoms with Crippen LogP contribution in [0.1, 0.15) is 5.56 Å². The Bertz CT molecular complexity index is 381. The van der Waals surface area contributed by atoms with Gasteiger partial charge in [0.1, 0.15) is 5.75 Å². The fourth-order valence-electron chi connectivity index (χ4n) is 0.796. The average Bonchev–Trinajstić information content (AvgIpc) is 2.10. The van der Waals surface area contributed by atoms with Crippen molar-refractivity contribution in [1.82, 2.24) is 5.43 Å². The van der Waals surface area contributed by atoms with E-state index in [1.807, 2.05) is 0 Å². The molecule has 0 amide bonds. The number of nitrogens with one attached hydrogen (secondary N) is 1. The second-order valence-electron chi connectivity index (χ2n) is 2.44. The van der Waals surface area contributed by atoms with Gasteiger partial charge in [-0.2, -0.15) is 5.10 Å². The Hall–Kier alpha value is -0.890. The number of rotatable bonds is 2. The van der Waals surface area contributed by atoms with E-state index in [-0.39, 0.29) is 10.9 Å². The summed E-state index contributed by atoms with van der Waals surface area (Å²) >= 11 is 6.71. The predicted molar refractivity (Wildman–Crippen MR) is 68.3 cm³/mol. The van der Waals surface area contributed by atoms with Gasteiger partial charge in [0.05, 0.1) is 6.21 Å². The molecule has 1 aromatic rings. The quantitative estimate of drug-likeness (QED) is 0.331. The van der Waals surface area contributed by atoms with Gasteiger partial charge in [0, 0.05) is 9.13 Å². The van der Waals surface area contributed by atoms with Gasteiger partial charge in [0.25, 0.3) is 0 Å². The van der Waals surface area contributed by atoms with Gasteiger partial charge >= 0.3 is 0 Å². The molecule has 1 rings (SSSR count). The second-order valence-corrected chi connectivity index (χ2v) is 4.04. The molecule has 0 unspecified atom stereocenters. The lowest BCUT2D eigenvalue weighted by Crippen LogP contribution is -2.24. The average molecular weight is 321 g/mol. The highest BCUT2D eigenvalue weighted by atomic mass is 127. The molecule has 0 aliphatic rings. The van der Waals surface area contributed by atoms with E-state index in [0.717, 1.165) is 9.13 Å². The standard InChI is InChI=1S/C8H8IN3OS/c9-7-2-1-6(13)3-5(7)4-11-12-8(10)14/h1-4,13H,(H3,10,12,14). The molecule has 0 radical (unpaired) electrons. The molecule has 0 aliphatic heterocycles. The minimum absolute atomic E-state index is 0.108. The van der Waals surface area contributed by atoms with E-state index in [1.54, 1.807) is 24.4 Å². The van der Waals surface area contributed by atoms with Gasteiger partial charge in [0.15, 0.2) is 5.11 Å². The van der Waals surface area contributed by atoms with Crippen LogP contribution < -0.4 is 11.2 Å². The maximum absolute atomic E-state index is 9.21. The third-order valence-corrected chi connectivity index (χ3v) is 2.43. The number of benzene rings is 1. The van der Waals surface area contributed by atoms with Crippen molar-refractivity contribution in [2.45, 2.75) is 0 Å². The third kappa shape index (κ3) is 3.46. The first-order valence-electron chi connectivity index (χ1n) is 3.66. The number of halogens is 1. The van der Waals surface area contributed by atoms with E-state index in [9.17, 15) is 5.11 Å². The molecule has 0 bridgehead atoms. The van der Waals surface area contributed by atoms with Crippen molar-refractivity contribution < 1.29 is 5.11 Å². The third-order valence-electron chi connectivity index (χ3n) is 1.36. The number of thiocarbonyl (C=S) groups is 1. The van der Waals surface area contributed by atoms with Crippen molar-refractivity contribution >= 4 is 46.1 Å². The molecule has 0 fully saturated rings. The molecule has 0 saturated carbocycles. The number of phenols is 1. The zero-order chi connectivity index (χ0) is 10.6. The number of hydrogen-bond donors (Lipinski definition) is 3. The summed E-state index contributed by atoms with van der Waals surface area (Å²) in [6.07, 6.45) is 1.54. The van der Waals surface area contributed by atoms with Crippen LogP contribution in [0, 0.1) is 3.57 Å². The van der Waals surface area contributed by atoms with E-state index in [1.165, 1.54) is 0 Å².